The zero-order valence-electron chi connectivity index (χ0n) is 20.2. The van der Waals surface area contributed by atoms with Crippen molar-refractivity contribution in [2.45, 2.75) is 25.7 Å². The van der Waals surface area contributed by atoms with Crippen LogP contribution in [0.5, 0.6) is 0 Å². The van der Waals surface area contributed by atoms with Gasteiger partial charge >= 0.3 is 0 Å². The molecular weight excluding hydrogens is 436 g/mol. The van der Waals surface area contributed by atoms with Gasteiger partial charge in [-0.1, -0.05) is 24.3 Å². The molecule has 35 heavy (non-hydrogen) atoms. The molecule has 2 aromatic heterocycles. The van der Waals surface area contributed by atoms with Crippen molar-refractivity contribution in [1.82, 2.24) is 19.4 Å². The molecule has 6 rings (SSSR count). The number of nitrogen functional groups attached to an aromatic ring is 1. The second-order valence-corrected chi connectivity index (χ2v) is 9.94. The monoisotopic (exact) mass is 466 g/mol. The number of nitrogens with zero attached hydrogens (tertiary/aromatic N) is 4. The zero-order valence-corrected chi connectivity index (χ0v) is 20.2. The fraction of sp³-hybridized carbons (Fsp3) is 0.321. The molecule has 178 valence electrons. The number of piperidine rings is 1. The minimum absolute atomic E-state index is 0.121. The fourth-order valence-corrected chi connectivity index (χ4v) is 5.51. The van der Waals surface area contributed by atoms with Crippen LogP contribution >= 0.6 is 0 Å². The van der Waals surface area contributed by atoms with E-state index in [4.69, 9.17) is 5.73 Å². The summed E-state index contributed by atoms with van der Waals surface area (Å²) in [6.45, 7) is 1.73. The van der Waals surface area contributed by atoms with Crippen LogP contribution in [-0.4, -0.2) is 45.5 Å². The molecule has 2 fully saturated rings. The number of hydrogen-bond acceptors (Lipinski definition) is 5. The van der Waals surface area contributed by atoms with E-state index in [1.165, 1.54) is 19.2 Å². The number of anilines is 2. The van der Waals surface area contributed by atoms with Gasteiger partial charge in [-0.05, 0) is 66.5 Å². The third kappa shape index (κ3) is 3.62. The Labute approximate surface area is 205 Å². The van der Waals surface area contributed by atoms with E-state index < -0.39 is 0 Å². The summed E-state index contributed by atoms with van der Waals surface area (Å²) in [5.74, 6) is 0.567. The molecule has 0 bridgehead atoms. The maximum atomic E-state index is 13.2. The molecule has 1 saturated heterocycles. The molecule has 2 aliphatic rings. The van der Waals surface area contributed by atoms with Gasteiger partial charge in [-0.15, -0.1) is 0 Å². The summed E-state index contributed by atoms with van der Waals surface area (Å²) < 4.78 is 2.07. The average molecular weight is 467 g/mol. The Morgan fingerprint density at radius 1 is 0.943 bits per heavy atom. The van der Waals surface area contributed by atoms with Crippen molar-refractivity contribution in [2.75, 3.05) is 31.2 Å². The predicted octanol–water partition coefficient (Wildman–Crippen LogP) is 4.94. The molecule has 1 aliphatic heterocycles. The zero-order chi connectivity index (χ0) is 24.2. The highest BCUT2D eigenvalue weighted by atomic mass is 16.2. The van der Waals surface area contributed by atoms with Crippen molar-refractivity contribution in [3.05, 3.63) is 60.4 Å². The minimum atomic E-state index is 0.121. The van der Waals surface area contributed by atoms with E-state index in [2.05, 4.69) is 44.1 Å². The Hall–Kier alpha value is -3.87. The lowest BCUT2D eigenvalue weighted by Gasteiger charge is -2.32. The van der Waals surface area contributed by atoms with Gasteiger partial charge in [0.15, 0.2) is 0 Å². The van der Waals surface area contributed by atoms with Crippen LogP contribution in [0, 0.1) is 5.41 Å². The van der Waals surface area contributed by atoms with Gasteiger partial charge < -0.3 is 20.5 Å². The van der Waals surface area contributed by atoms with E-state index in [0.29, 0.717) is 11.2 Å². The lowest BCUT2D eigenvalue weighted by molar-refractivity contribution is 0.0678. The summed E-state index contributed by atoms with van der Waals surface area (Å²) in [5.41, 5.74) is 13.5. The Bertz CT molecular complexity index is 1410. The van der Waals surface area contributed by atoms with Crippen LogP contribution < -0.4 is 11.1 Å². The Kier molecular flexibility index (Phi) is 5.02. The number of hydrogen-bond donors (Lipinski definition) is 2. The van der Waals surface area contributed by atoms with Gasteiger partial charge in [0.2, 0.25) is 0 Å². The number of rotatable bonds is 4. The van der Waals surface area contributed by atoms with Gasteiger partial charge in [0.25, 0.3) is 5.91 Å². The van der Waals surface area contributed by atoms with Crippen LogP contribution in [0.25, 0.3) is 33.4 Å². The molecule has 7 heteroatoms. The van der Waals surface area contributed by atoms with Gasteiger partial charge in [0, 0.05) is 44.0 Å². The fourth-order valence-electron chi connectivity index (χ4n) is 5.51. The lowest BCUT2D eigenvalue weighted by Crippen LogP contribution is -2.39. The SMILES string of the molecule is CNc1ccc(-c2c(-c3ccc(C(=O)N4CCC5(CC4)CC5)cc3)c3c(N)ncnc3n2C)cc1. The third-order valence-corrected chi connectivity index (χ3v) is 7.93. The number of carbonyl (C=O) groups excluding carboxylic acids is 1. The molecule has 7 nitrogen and oxygen atoms in total. The van der Waals surface area contributed by atoms with Crippen molar-refractivity contribution >= 4 is 28.4 Å². The summed E-state index contributed by atoms with van der Waals surface area (Å²) >= 11 is 0. The lowest BCUT2D eigenvalue weighted by atomic mass is 9.93. The second-order valence-electron chi connectivity index (χ2n) is 9.94. The molecule has 0 radical (unpaired) electrons. The number of aryl methyl sites for hydroxylation is 1. The number of benzene rings is 2. The van der Waals surface area contributed by atoms with Gasteiger partial charge in [0.05, 0.1) is 11.1 Å². The maximum absolute atomic E-state index is 13.2. The summed E-state index contributed by atoms with van der Waals surface area (Å²) in [7, 11) is 3.91. The Morgan fingerprint density at radius 2 is 1.60 bits per heavy atom. The molecule has 3 heterocycles. The van der Waals surface area contributed by atoms with Crippen LogP contribution in [0.3, 0.4) is 0 Å². The van der Waals surface area contributed by atoms with Crippen LogP contribution in [-0.2, 0) is 7.05 Å². The van der Waals surface area contributed by atoms with Gasteiger partial charge in [-0.25, -0.2) is 9.97 Å². The largest absolute Gasteiger partial charge is 0.388 e. The van der Waals surface area contributed by atoms with Crippen molar-refractivity contribution in [3.63, 3.8) is 0 Å². The first-order valence-corrected chi connectivity index (χ1v) is 12.3. The standard InChI is InChI=1S/C28H30N6O/c1-30-21-9-7-19(8-10-21)24-22(23-25(29)31-17-32-26(23)33(24)2)18-3-5-20(6-4-18)27(35)34-15-13-28(11-12-28)14-16-34/h3-10,17,30H,11-16H2,1-2H3,(H2,29,31,32). The number of carbonyl (C=O) groups is 1. The molecule has 4 aromatic rings. The van der Waals surface area contributed by atoms with Gasteiger partial charge in [-0.3, -0.25) is 4.79 Å². The smallest absolute Gasteiger partial charge is 0.253 e. The third-order valence-electron chi connectivity index (χ3n) is 7.93. The summed E-state index contributed by atoms with van der Waals surface area (Å²) in [6.07, 6.45) is 6.45. The highest BCUT2D eigenvalue weighted by molar-refractivity contribution is 6.08. The van der Waals surface area contributed by atoms with E-state index in [0.717, 1.165) is 70.6 Å². The highest BCUT2D eigenvalue weighted by Crippen LogP contribution is 2.53. The molecule has 3 N–H and O–H groups in total. The predicted molar refractivity (Wildman–Crippen MR) is 140 cm³/mol. The molecule has 1 amide bonds. The number of fused-ring (bicyclic) bond motifs is 1. The van der Waals surface area contributed by atoms with Crippen molar-refractivity contribution in [2.24, 2.45) is 12.5 Å². The minimum Gasteiger partial charge on any atom is -0.388 e. The van der Waals surface area contributed by atoms with E-state index in [9.17, 15) is 4.79 Å². The van der Waals surface area contributed by atoms with Crippen molar-refractivity contribution in [3.8, 4) is 22.4 Å². The van der Waals surface area contributed by atoms with E-state index in [1.807, 2.05) is 43.3 Å². The highest BCUT2D eigenvalue weighted by Gasteiger charge is 2.45. The molecule has 1 aliphatic carbocycles. The first-order valence-electron chi connectivity index (χ1n) is 12.3. The normalized spacial score (nSPS) is 16.6. The molecule has 0 unspecified atom stereocenters. The topological polar surface area (TPSA) is 89.1 Å². The van der Waals surface area contributed by atoms with Crippen LogP contribution in [0.1, 0.15) is 36.0 Å². The van der Waals surface area contributed by atoms with Crippen molar-refractivity contribution in [1.29, 1.82) is 0 Å². The number of amides is 1. The van der Waals surface area contributed by atoms with Crippen LogP contribution in [0.2, 0.25) is 0 Å². The average Bonchev–Trinajstić information content (AvgIpc) is 3.58. The van der Waals surface area contributed by atoms with Crippen molar-refractivity contribution < 1.29 is 4.79 Å². The van der Waals surface area contributed by atoms with E-state index in [-0.39, 0.29) is 5.91 Å². The molecule has 0 atom stereocenters. The molecular formula is C28H30N6O. The number of nitrogens with two attached hydrogens (primary N) is 1. The Morgan fingerprint density at radius 3 is 2.23 bits per heavy atom. The first kappa shape index (κ1) is 21.6. The van der Waals surface area contributed by atoms with E-state index >= 15 is 0 Å². The molecule has 2 aromatic carbocycles. The molecule has 1 spiro atoms. The number of nitrogens with one attached hydrogen (secondary N) is 1. The first-order chi connectivity index (χ1) is 17.0. The maximum Gasteiger partial charge on any atom is 0.253 e. The van der Waals surface area contributed by atoms with Gasteiger partial charge in [0.1, 0.15) is 17.8 Å². The van der Waals surface area contributed by atoms with E-state index in [1.54, 1.807) is 0 Å². The summed E-state index contributed by atoms with van der Waals surface area (Å²) in [5, 5.41) is 4.00. The number of likely N-dealkylation sites (tertiary alicyclic amines) is 1. The Balaban J connectivity index is 1.40. The number of aromatic nitrogens is 3. The second kappa shape index (κ2) is 8.12. The van der Waals surface area contributed by atoms with Gasteiger partial charge in [-0.2, -0.15) is 0 Å². The van der Waals surface area contributed by atoms with Crippen LogP contribution in [0.15, 0.2) is 54.9 Å². The van der Waals surface area contributed by atoms with Crippen LogP contribution in [0.4, 0.5) is 11.5 Å². The summed E-state index contributed by atoms with van der Waals surface area (Å²) in [4.78, 5) is 24.0. The summed E-state index contributed by atoms with van der Waals surface area (Å²) in [6, 6.07) is 16.2. The quantitative estimate of drug-likeness (QED) is 0.445. The molecule has 1 saturated carbocycles.